The first-order valence-electron chi connectivity index (χ1n) is 9.16. The van der Waals surface area contributed by atoms with Crippen LogP contribution >= 0.6 is 0 Å². The third kappa shape index (κ3) is 3.55. The molecule has 6 nitrogen and oxygen atoms in total. The molecule has 1 aliphatic carbocycles. The molecule has 4 rings (SSSR count). The number of carbonyl (C=O) groups is 1. The lowest BCUT2D eigenvalue weighted by molar-refractivity contribution is -0.118. The summed E-state index contributed by atoms with van der Waals surface area (Å²) >= 11 is 0. The van der Waals surface area contributed by atoms with E-state index >= 15 is 0 Å². The van der Waals surface area contributed by atoms with Crippen LogP contribution in [0.25, 0.3) is 23.0 Å². The smallest absolute Gasteiger partial charge is 0.245 e. The van der Waals surface area contributed by atoms with Crippen molar-refractivity contribution >= 4 is 12.0 Å². The van der Waals surface area contributed by atoms with E-state index in [4.69, 9.17) is 0 Å². The monoisotopic (exact) mass is 369 g/mol. The van der Waals surface area contributed by atoms with Crippen molar-refractivity contribution < 1.29 is 4.79 Å². The predicted octanol–water partition coefficient (Wildman–Crippen LogP) is 3.51. The second-order valence-corrected chi connectivity index (χ2v) is 6.82. The number of aromatic nitrogens is 3. The van der Waals surface area contributed by atoms with Crippen LogP contribution in [0.2, 0.25) is 0 Å². The van der Waals surface area contributed by atoms with Crippen molar-refractivity contribution in [3.8, 4) is 23.0 Å². The molecular weight excluding hydrogens is 350 g/mol. The lowest BCUT2D eigenvalue weighted by Crippen LogP contribution is -2.51. The fraction of sp³-hybridized carbons (Fsp3) is 0.182. The Balaban J connectivity index is 1.64. The first-order valence-corrected chi connectivity index (χ1v) is 9.16. The number of rotatable bonds is 5. The van der Waals surface area contributed by atoms with Gasteiger partial charge < -0.3 is 5.32 Å². The van der Waals surface area contributed by atoms with E-state index < -0.39 is 5.54 Å². The Kier molecular flexibility index (Phi) is 4.73. The van der Waals surface area contributed by atoms with Gasteiger partial charge in [-0.15, -0.1) is 0 Å². The number of carbonyl (C=O) groups excluding carboxylic acids is 1. The number of amides is 1. The number of nitriles is 1. The summed E-state index contributed by atoms with van der Waals surface area (Å²) in [4.78, 5) is 16.5. The van der Waals surface area contributed by atoms with Gasteiger partial charge in [-0.3, -0.25) is 9.78 Å². The lowest BCUT2D eigenvalue weighted by atomic mass is 9.78. The quantitative estimate of drug-likeness (QED) is 0.698. The Labute approximate surface area is 163 Å². The molecule has 1 aliphatic rings. The SMILES string of the molecule is N#CC1(NC(=O)/C=C/c2cn(-c3ccccc3)nc2-c2cccnc2)CCC1. The van der Waals surface area contributed by atoms with Crippen LogP contribution in [0.4, 0.5) is 0 Å². The average molecular weight is 369 g/mol. The number of nitrogens with one attached hydrogen (secondary N) is 1. The Morgan fingerprint density at radius 3 is 2.68 bits per heavy atom. The van der Waals surface area contributed by atoms with Gasteiger partial charge in [0.25, 0.3) is 0 Å². The zero-order chi connectivity index (χ0) is 19.4. The maximum atomic E-state index is 12.3. The van der Waals surface area contributed by atoms with E-state index in [9.17, 15) is 10.1 Å². The maximum absolute atomic E-state index is 12.3. The second-order valence-electron chi connectivity index (χ2n) is 6.82. The highest BCUT2D eigenvalue weighted by Gasteiger charge is 2.38. The third-order valence-corrected chi connectivity index (χ3v) is 4.90. The van der Waals surface area contributed by atoms with Crippen LogP contribution in [0.3, 0.4) is 0 Å². The van der Waals surface area contributed by atoms with Gasteiger partial charge in [-0.2, -0.15) is 10.4 Å². The predicted molar refractivity (Wildman–Crippen MR) is 106 cm³/mol. The first-order chi connectivity index (χ1) is 13.7. The molecule has 0 spiro atoms. The van der Waals surface area contributed by atoms with Gasteiger partial charge in [0, 0.05) is 35.8 Å². The number of hydrogen-bond acceptors (Lipinski definition) is 4. The third-order valence-electron chi connectivity index (χ3n) is 4.90. The van der Waals surface area contributed by atoms with Crippen molar-refractivity contribution in [1.29, 1.82) is 5.26 Å². The molecular formula is C22H19N5O. The molecule has 1 amide bonds. The molecule has 0 bridgehead atoms. The van der Waals surface area contributed by atoms with Crippen molar-refractivity contribution in [2.24, 2.45) is 0 Å². The van der Waals surface area contributed by atoms with Crippen LogP contribution in [0, 0.1) is 11.3 Å². The number of nitrogens with zero attached hydrogens (tertiary/aromatic N) is 4. The Morgan fingerprint density at radius 1 is 1.21 bits per heavy atom. The van der Waals surface area contributed by atoms with Crippen molar-refractivity contribution in [1.82, 2.24) is 20.1 Å². The van der Waals surface area contributed by atoms with Gasteiger partial charge in [-0.25, -0.2) is 4.68 Å². The van der Waals surface area contributed by atoms with E-state index in [1.165, 1.54) is 6.08 Å². The summed E-state index contributed by atoms with van der Waals surface area (Å²) in [6, 6.07) is 15.8. The number of pyridine rings is 1. The van der Waals surface area contributed by atoms with Crippen molar-refractivity contribution in [3.05, 3.63) is 72.7 Å². The van der Waals surface area contributed by atoms with Gasteiger partial charge in [-0.05, 0) is 49.6 Å². The summed E-state index contributed by atoms with van der Waals surface area (Å²) in [6.45, 7) is 0. The molecule has 0 atom stereocenters. The Morgan fingerprint density at radius 2 is 2.04 bits per heavy atom. The zero-order valence-corrected chi connectivity index (χ0v) is 15.2. The molecule has 1 saturated carbocycles. The molecule has 1 aromatic carbocycles. The van der Waals surface area contributed by atoms with E-state index in [1.807, 2.05) is 48.7 Å². The number of benzene rings is 1. The number of para-hydroxylation sites is 1. The van der Waals surface area contributed by atoms with Crippen LogP contribution in [-0.4, -0.2) is 26.2 Å². The second kappa shape index (κ2) is 7.49. The lowest BCUT2D eigenvalue weighted by Gasteiger charge is -2.35. The van der Waals surface area contributed by atoms with Gasteiger partial charge >= 0.3 is 0 Å². The first kappa shape index (κ1) is 17.7. The van der Waals surface area contributed by atoms with E-state index in [1.54, 1.807) is 23.2 Å². The fourth-order valence-electron chi connectivity index (χ4n) is 3.19. The standard InChI is InChI=1S/C22H19N5O/c23-16-22(11-5-12-22)25-20(28)10-9-18-15-27(19-7-2-1-3-8-19)26-21(18)17-6-4-13-24-14-17/h1-4,6-10,13-15H,5,11-12H2,(H,25,28)/b10-9+. The Hall–Kier alpha value is -3.72. The van der Waals surface area contributed by atoms with Crippen LogP contribution < -0.4 is 5.32 Å². The van der Waals surface area contributed by atoms with E-state index in [-0.39, 0.29) is 5.91 Å². The molecule has 1 fully saturated rings. The van der Waals surface area contributed by atoms with Crippen LogP contribution in [0.5, 0.6) is 0 Å². The largest absolute Gasteiger partial charge is 0.334 e. The molecule has 0 saturated heterocycles. The maximum Gasteiger partial charge on any atom is 0.245 e. The molecule has 28 heavy (non-hydrogen) atoms. The molecule has 0 aliphatic heterocycles. The van der Waals surface area contributed by atoms with E-state index in [2.05, 4.69) is 21.5 Å². The summed E-state index contributed by atoms with van der Waals surface area (Å²) in [7, 11) is 0. The summed E-state index contributed by atoms with van der Waals surface area (Å²) < 4.78 is 1.78. The molecule has 1 N–H and O–H groups in total. The van der Waals surface area contributed by atoms with Crippen molar-refractivity contribution in [2.45, 2.75) is 24.8 Å². The highest BCUT2D eigenvalue weighted by Crippen LogP contribution is 2.31. The summed E-state index contributed by atoms with van der Waals surface area (Å²) in [6.07, 6.45) is 10.9. The molecule has 0 radical (unpaired) electrons. The van der Waals surface area contributed by atoms with E-state index in [0.717, 1.165) is 28.9 Å². The van der Waals surface area contributed by atoms with Gasteiger partial charge in [0.15, 0.2) is 0 Å². The van der Waals surface area contributed by atoms with Gasteiger partial charge in [0.2, 0.25) is 5.91 Å². The van der Waals surface area contributed by atoms with Gasteiger partial charge in [0.1, 0.15) is 11.2 Å². The Bertz CT molecular complexity index is 1040. The topological polar surface area (TPSA) is 83.6 Å². The van der Waals surface area contributed by atoms with Crippen LogP contribution in [0.1, 0.15) is 24.8 Å². The minimum Gasteiger partial charge on any atom is -0.334 e. The van der Waals surface area contributed by atoms with Crippen LogP contribution in [-0.2, 0) is 4.79 Å². The van der Waals surface area contributed by atoms with Crippen molar-refractivity contribution in [2.75, 3.05) is 0 Å². The molecule has 3 aromatic rings. The van der Waals surface area contributed by atoms with Crippen molar-refractivity contribution in [3.63, 3.8) is 0 Å². The van der Waals surface area contributed by atoms with E-state index in [0.29, 0.717) is 12.8 Å². The molecule has 2 heterocycles. The normalized spacial score (nSPS) is 15.0. The summed E-state index contributed by atoms with van der Waals surface area (Å²) in [5, 5.41) is 16.8. The summed E-state index contributed by atoms with van der Waals surface area (Å²) in [5.74, 6) is -0.272. The van der Waals surface area contributed by atoms with Gasteiger partial charge in [0.05, 0.1) is 11.8 Å². The summed E-state index contributed by atoms with van der Waals surface area (Å²) in [5.41, 5.74) is 2.62. The molecule has 2 aromatic heterocycles. The zero-order valence-electron chi connectivity index (χ0n) is 15.2. The fourth-order valence-corrected chi connectivity index (χ4v) is 3.19. The highest BCUT2D eigenvalue weighted by molar-refractivity contribution is 5.93. The van der Waals surface area contributed by atoms with Crippen LogP contribution in [0.15, 0.2) is 67.1 Å². The molecule has 138 valence electrons. The average Bonchev–Trinajstić information content (AvgIpc) is 3.15. The highest BCUT2D eigenvalue weighted by atomic mass is 16.1. The molecule has 6 heteroatoms. The van der Waals surface area contributed by atoms with Gasteiger partial charge in [-0.1, -0.05) is 18.2 Å². The number of hydrogen-bond donors (Lipinski definition) is 1. The molecule has 0 unspecified atom stereocenters. The minimum atomic E-state index is -0.707. The minimum absolute atomic E-state index is 0.272.